The molecule has 2 aromatic rings. The zero-order valence-corrected chi connectivity index (χ0v) is 17.5. The van der Waals surface area contributed by atoms with Crippen molar-refractivity contribution in [1.29, 1.82) is 0 Å². The summed E-state index contributed by atoms with van der Waals surface area (Å²) in [5.74, 6) is 1.68. The summed E-state index contributed by atoms with van der Waals surface area (Å²) >= 11 is 0. The Balaban J connectivity index is 1.51. The van der Waals surface area contributed by atoms with Crippen molar-refractivity contribution in [3.8, 4) is 5.75 Å². The molecule has 0 bridgehead atoms. The van der Waals surface area contributed by atoms with Crippen LogP contribution in [0.15, 0.2) is 53.5 Å². The Bertz CT molecular complexity index is 788. The molecule has 29 heavy (non-hydrogen) atoms. The molecule has 0 atom stereocenters. The molecule has 3 rings (SSSR count). The lowest BCUT2D eigenvalue weighted by Crippen LogP contribution is -2.36. The average Bonchev–Trinajstić information content (AvgIpc) is 2.76. The highest BCUT2D eigenvalue weighted by molar-refractivity contribution is 5.79. The largest absolute Gasteiger partial charge is 0.494 e. The third-order valence-electron chi connectivity index (χ3n) is 4.90. The predicted molar refractivity (Wildman–Crippen MR) is 117 cm³/mol. The molecule has 2 aromatic carbocycles. The molecule has 1 fully saturated rings. The van der Waals surface area contributed by atoms with Gasteiger partial charge in [-0.15, -0.1) is 0 Å². The molecule has 6 heteroatoms. The first-order valence-electron chi connectivity index (χ1n) is 10.3. The van der Waals surface area contributed by atoms with Gasteiger partial charge in [-0.25, -0.2) is 0 Å². The van der Waals surface area contributed by atoms with Gasteiger partial charge in [0.05, 0.1) is 19.8 Å². The topological polar surface area (TPSA) is 58.1 Å². The summed E-state index contributed by atoms with van der Waals surface area (Å²) in [5.41, 5.74) is 3.69. The first kappa shape index (κ1) is 21.1. The number of nitrogens with zero attached hydrogens (tertiary/aromatic N) is 2. The summed E-state index contributed by atoms with van der Waals surface area (Å²) in [4.78, 5) is 6.78. The SMILES string of the molecule is CCOc1ccccc1CNC(=NC)NCc1cccc(CN2CCOCC2)c1. The van der Waals surface area contributed by atoms with Crippen molar-refractivity contribution in [3.05, 3.63) is 65.2 Å². The van der Waals surface area contributed by atoms with Crippen LogP contribution in [0, 0.1) is 0 Å². The van der Waals surface area contributed by atoms with Crippen molar-refractivity contribution >= 4 is 5.96 Å². The molecule has 0 aromatic heterocycles. The van der Waals surface area contributed by atoms with Crippen molar-refractivity contribution in [3.63, 3.8) is 0 Å². The fourth-order valence-corrected chi connectivity index (χ4v) is 3.39. The Morgan fingerprint density at radius 2 is 1.79 bits per heavy atom. The number of hydrogen-bond donors (Lipinski definition) is 2. The van der Waals surface area contributed by atoms with E-state index in [4.69, 9.17) is 9.47 Å². The van der Waals surface area contributed by atoms with Crippen LogP contribution in [0.5, 0.6) is 5.75 Å². The van der Waals surface area contributed by atoms with Crippen LogP contribution in [0.2, 0.25) is 0 Å². The van der Waals surface area contributed by atoms with Crippen molar-refractivity contribution < 1.29 is 9.47 Å². The predicted octanol–water partition coefficient (Wildman–Crippen LogP) is 2.78. The summed E-state index contributed by atoms with van der Waals surface area (Å²) in [5, 5.41) is 6.77. The van der Waals surface area contributed by atoms with E-state index in [1.54, 1.807) is 7.05 Å². The van der Waals surface area contributed by atoms with E-state index in [1.807, 2.05) is 25.1 Å². The van der Waals surface area contributed by atoms with Gasteiger partial charge >= 0.3 is 0 Å². The van der Waals surface area contributed by atoms with E-state index in [-0.39, 0.29) is 0 Å². The van der Waals surface area contributed by atoms with E-state index in [0.717, 1.165) is 56.7 Å². The van der Waals surface area contributed by atoms with E-state index < -0.39 is 0 Å². The molecule has 1 aliphatic heterocycles. The molecule has 1 saturated heterocycles. The highest BCUT2D eigenvalue weighted by atomic mass is 16.5. The Hall–Kier alpha value is -2.57. The zero-order chi connectivity index (χ0) is 20.3. The Morgan fingerprint density at radius 1 is 1.03 bits per heavy atom. The molecule has 0 amide bonds. The fraction of sp³-hybridized carbons (Fsp3) is 0.435. The Labute approximate surface area is 173 Å². The van der Waals surface area contributed by atoms with Gasteiger partial charge in [0.15, 0.2) is 5.96 Å². The van der Waals surface area contributed by atoms with Gasteiger partial charge in [-0.1, -0.05) is 42.5 Å². The minimum atomic E-state index is 0.658. The number of morpholine rings is 1. The maximum Gasteiger partial charge on any atom is 0.191 e. The quantitative estimate of drug-likeness (QED) is 0.531. The third kappa shape index (κ3) is 6.76. The highest BCUT2D eigenvalue weighted by Gasteiger charge is 2.11. The molecule has 6 nitrogen and oxygen atoms in total. The molecule has 0 unspecified atom stereocenters. The van der Waals surface area contributed by atoms with Crippen molar-refractivity contribution in [2.45, 2.75) is 26.6 Å². The van der Waals surface area contributed by atoms with E-state index >= 15 is 0 Å². The van der Waals surface area contributed by atoms with Crippen LogP contribution < -0.4 is 15.4 Å². The highest BCUT2D eigenvalue weighted by Crippen LogP contribution is 2.17. The van der Waals surface area contributed by atoms with E-state index in [2.05, 4.69) is 50.9 Å². The molecule has 156 valence electrons. The number of benzene rings is 2. The van der Waals surface area contributed by atoms with Crippen molar-refractivity contribution in [2.24, 2.45) is 4.99 Å². The van der Waals surface area contributed by atoms with E-state index in [1.165, 1.54) is 11.1 Å². The van der Waals surface area contributed by atoms with E-state index in [0.29, 0.717) is 13.2 Å². The lowest BCUT2D eigenvalue weighted by atomic mass is 10.1. The van der Waals surface area contributed by atoms with Gasteiger partial charge in [0, 0.05) is 45.3 Å². The summed E-state index contributed by atoms with van der Waals surface area (Å²) in [6.45, 7) is 8.67. The van der Waals surface area contributed by atoms with Crippen LogP contribution in [0.25, 0.3) is 0 Å². The van der Waals surface area contributed by atoms with Gasteiger partial charge in [-0.3, -0.25) is 9.89 Å². The summed E-state index contributed by atoms with van der Waals surface area (Å²) < 4.78 is 11.1. The van der Waals surface area contributed by atoms with Gasteiger partial charge in [0.1, 0.15) is 5.75 Å². The van der Waals surface area contributed by atoms with Crippen LogP contribution in [0.3, 0.4) is 0 Å². The zero-order valence-electron chi connectivity index (χ0n) is 17.5. The van der Waals surface area contributed by atoms with Gasteiger partial charge < -0.3 is 20.1 Å². The second kappa shape index (κ2) is 11.4. The van der Waals surface area contributed by atoms with Crippen LogP contribution >= 0.6 is 0 Å². The van der Waals surface area contributed by atoms with Crippen molar-refractivity contribution in [1.82, 2.24) is 15.5 Å². The van der Waals surface area contributed by atoms with Gasteiger partial charge in [-0.05, 0) is 24.1 Å². The van der Waals surface area contributed by atoms with Gasteiger partial charge in [0.25, 0.3) is 0 Å². The number of guanidine groups is 1. The van der Waals surface area contributed by atoms with Gasteiger partial charge in [0.2, 0.25) is 0 Å². The Kier molecular flexibility index (Phi) is 8.34. The number of hydrogen-bond acceptors (Lipinski definition) is 4. The molecule has 1 aliphatic rings. The minimum Gasteiger partial charge on any atom is -0.494 e. The lowest BCUT2D eigenvalue weighted by Gasteiger charge is -2.26. The van der Waals surface area contributed by atoms with Crippen LogP contribution in [0.1, 0.15) is 23.6 Å². The molecular weight excluding hydrogens is 364 g/mol. The molecular formula is C23H32N4O2. The second-order valence-corrected chi connectivity index (χ2v) is 7.03. The van der Waals surface area contributed by atoms with E-state index in [9.17, 15) is 0 Å². The molecule has 2 N–H and O–H groups in total. The molecule has 0 radical (unpaired) electrons. The number of ether oxygens (including phenoxy) is 2. The second-order valence-electron chi connectivity index (χ2n) is 7.03. The first-order valence-corrected chi connectivity index (χ1v) is 10.3. The molecule has 0 aliphatic carbocycles. The summed E-state index contributed by atoms with van der Waals surface area (Å²) in [7, 11) is 1.79. The standard InChI is InChI=1S/C23H32N4O2/c1-3-29-22-10-5-4-9-21(22)17-26-23(24-2)25-16-19-7-6-8-20(15-19)18-27-11-13-28-14-12-27/h4-10,15H,3,11-14,16-18H2,1-2H3,(H2,24,25,26). The Morgan fingerprint density at radius 3 is 2.59 bits per heavy atom. The molecule has 0 spiro atoms. The maximum absolute atomic E-state index is 5.70. The van der Waals surface area contributed by atoms with Crippen molar-refractivity contribution in [2.75, 3.05) is 40.0 Å². The normalized spacial score (nSPS) is 15.2. The molecule has 0 saturated carbocycles. The van der Waals surface area contributed by atoms with Crippen LogP contribution in [-0.2, 0) is 24.4 Å². The van der Waals surface area contributed by atoms with Crippen LogP contribution in [0.4, 0.5) is 0 Å². The van der Waals surface area contributed by atoms with Gasteiger partial charge in [-0.2, -0.15) is 0 Å². The van der Waals surface area contributed by atoms with Crippen LogP contribution in [-0.4, -0.2) is 50.8 Å². The smallest absolute Gasteiger partial charge is 0.191 e. The third-order valence-corrected chi connectivity index (χ3v) is 4.90. The lowest BCUT2D eigenvalue weighted by molar-refractivity contribution is 0.0342. The summed E-state index contributed by atoms with van der Waals surface area (Å²) in [6.07, 6.45) is 0. The summed E-state index contributed by atoms with van der Waals surface area (Å²) in [6, 6.07) is 16.8. The number of aliphatic imine (C=N–C) groups is 1. The number of rotatable bonds is 8. The first-order chi connectivity index (χ1) is 14.3. The monoisotopic (exact) mass is 396 g/mol. The minimum absolute atomic E-state index is 0.658. The maximum atomic E-state index is 5.70. The molecule has 1 heterocycles. The fourth-order valence-electron chi connectivity index (χ4n) is 3.39. The average molecular weight is 397 g/mol. The number of nitrogens with one attached hydrogen (secondary N) is 2. The number of para-hydroxylation sites is 1.